The molecule has 1 amide bonds. The van der Waals surface area contributed by atoms with E-state index >= 15 is 0 Å². The zero-order valence-electron chi connectivity index (χ0n) is 17.6. The normalized spacial score (nSPS) is 13.7. The van der Waals surface area contributed by atoms with Crippen molar-refractivity contribution in [2.45, 2.75) is 24.9 Å². The monoisotopic (exact) mass is 504 g/mol. The number of alkyl halides is 6. The van der Waals surface area contributed by atoms with E-state index in [0.717, 1.165) is 37.3 Å². The van der Waals surface area contributed by atoms with Crippen LogP contribution in [0.3, 0.4) is 0 Å². The van der Waals surface area contributed by atoms with Crippen LogP contribution in [0.15, 0.2) is 48.5 Å². The van der Waals surface area contributed by atoms with Crippen molar-refractivity contribution in [2.24, 2.45) is 0 Å². The second-order valence-corrected chi connectivity index (χ2v) is 6.96. The summed E-state index contributed by atoms with van der Waals surface area (Å²) in [5, 5.41) is 2.76. The predicted molar refractivity (Wildman–Crippen MR) is 107 cm³/mol. The molecule has 35 heavy (non-hydrogen) atoms. The Kier molecular flexibility index (Phi) is 6.85. The molecule has 1 atom stereocenters. The second-order valence-electron chi connectivity index (χ2n) is 6.96. The zero-order chi connectivity index (χ0) is 26.0. The van der Waals surface area contributed by atoms with Gasteiger partial charge in [0.25, 0.3) is 5.91 Å². The van der Waals surface area contributed by atoms with Crippen LogP contribution >= 0.6 is 0 Å². The molecule has 0 fully saturated rings. The van der Waals surface area contributed by atoms with E-state index in [1.807, 2.05) is 0 Å². The lowest BCUT2D eigenvalue weighted by atomic mass is 10.1. The molecule has 0 unspecified atom stereocenters. The van der Waals surface area contributed by atoms with Crippen LogP contribution in [0.25, 0.3) is 11.0 Å². The topological polar surface area (TPSA) is 93.2 Å². The highest BCUT2D eigenvalue weighted by Gasteiger charge is 2.64. The summed E-state index contributed by atoms with van der Waals surface area (Å²) in [5.74, 6) is -6.02. The number of carbonyl (C=O) groups excluding carboxylic acids is 2. The molecule has 14 heteroatoms. The third-order valence-electron chi connectivity index (χ3n) is 4.56. The van der Waals surface area contributed by atoms with Gasteiger partial charge in [-0.2, -0.15) is 26.3 Å². The van der Waals surface area contributed by atoms with Crippen molar-refractivity contribution >= 4 is 28.7 Å². The number of benzene rings is 2. The maximum atomic E-state index is 14.3. The van der Waals surface area contributed by atoms with Gasteiger partial charge in [-0.25, -0.2) is 19.2 Å². The number of para-hydroxylation sites is 2. The highest BCUT2D eigenvalue weighted by molar-refractivity contribution is 5.99. The van der Waals surface area contributed by atoms with Crippen molar-refractivity contribution in [3.63, 3.8) is 0 Å². The lowest BCUT2D eigenvalue weighted by Gasteiger charge is -2.35. The van der Waals surface area contributed by atoms with Crippen LogP contribution in [-0.2, 0) is 15.7 Å². The fourth-order valence-corrected chi connectivity index (χ4v) is 2.94. The Balaban J connectivity index is 2.21. The van der Waals surface area contributed by atoms with Crippen molar-refractivity contribution < 1.29 is 45.1 Å². The van der Waals surface area contributed by atoms with E-state index in [1.165, 1.54) is 28.8 Å². The third kappa shape index (κ3) is 5.25. The lowest BCUT2D eigenvalue weighted by Crippen LogP contribution is -2.69. The second kappa shape index (κ2) is 9.35. The van der Waals surface area contributed by atoms with Gasteiger partial charge in [-0.1, -0.05) is 12.1 Å². The summed E-state index contributed by atoms with van der Waals surface area (Å²) in [7, 11) is 0. The van der Waals surface area contributed by atoms with Crippen LogP contribution in [0, 0.1) is 5.82 Å². The van der Waals surface area contributed by atoms with E-state index in [2.05, 4.69) is 14.7 Å². The van der Waals surface area contributed by atoms with Gasteiger partial charge in [0.05, 0.1) is 17.6 Å². The van der Waals surface area contributed by atoms with Crippen molar-refractivity contribution in [3.05, 3.63) is 65.6 Å². The number of ether oxygens (including phenoxy) is 1. The maximum Gasteiger partial charge on any atom is 0.441 e. The van der Waals surface area contributed by atoms with Crippen LogP contribution in [0.1, 0.15) is 23.0 Å². The van der Waals surface area contributed by atoms with Crippen molar-refractivity contribution in [3.8, 4) is 0 Å². The van der Waals surface area contributed by atoms with Crippen LogP contribution in [-0.4, -0.2) is 40.3 Å². The first kappa shape index (κ1) is 25.6. The Morgan fingerprint density at radius 2 is 1.49 bits per heavy atom. The van der Waals surface area contributed by atoms with Gasteiger partial charge < -0.3 is 15.4 Å². The summed E-state index contributed by atoms with van der Waals surface area (Å²) in [6.45, 7) is 0.540. The minimum absolute atomic E-state index is 0.229. The average Bonchev–Trinajstić information content (AvgIpc) is 2.77. The molecule has 0 aliphatic rings. The Morgan fingerprint density at radius 3 is 2.00 bits per heavy atom. The molecule has 3 aromatic rings. The van der Waals surface area contributed by atoms with E-state index in [9.17, 15) is 40.3 Å². The molecule has 0 bridgehead atoms. The molecule has 1 heterocycles. The number of anilines is 1. The smallest absolute Gasteiger partial charge is 0.441 e. The number of rotatable bonds is 6. The molecule has 7 nitrogen and oxygen atoms in total. The van der Waals surface area contributed by atoms with Gasteiger partial charge in [-0.05, 0) is 43.3 Å². The van der Waals surface area contributed by atoms with Crippen LogP contribution < -0.4 is 10.6 Å². The molecule has 0 aliphatic carbocycles. The van der Waals surface area contributed by atoms with Gasteiger partial charge in [-0.3, -0.25) is 4.79 Å². The maximum absolute atomic E-state index is 14.3. The number of nitrogens with one attached hydrogen (secondary N) is 2. The zero-order valence-corrected chi connectivity index (χ0v) is 17.6. The van der Waals surface area contributed by atoms with Gasteiger partial charge in [0.1, 0.15) is 5.82 Å². The van der Waals surface area contributed by atoms with E-state index in [1.54, 1.807) is 0 Å². The molecular weight excluding hydrogens is 489 g/mol. The predicted octanol–water partition coefficient (Wildman–Crippen LogP) is 4.45. The van der Waals surface area contributed by atoms with Gasteiger partial charge in [0.15, 0.2) is 11.5 Å². The van der Waals surface area contributed by atoms with Gasteiger partial charge in [0.2, 0.25) is 0 Å². The molecular formula is C21H15F7N4O3. The largest absolute Gasteiger partial charge is 0.463 e. The Hall–Kier alpha value is -3.97. The lowest BCUT2D eigenvalue weighted by molar-refractivity contribution is -0.205. The standard InChI is InChI=1S/C21H15F7N4O3/c1-2-35-18(34)19(21(26,27)28,32-17(33)11-7-9-12(22)10-8-11)31-16-15(20(23,24)25)29-13-5-3-4-6-14(13)30-16/h3-10H,2H2,1H3,(H,30,31)(H,32,33)/t19-/m1/s1. The number of halogens is 7. The minimum atomic E-state index is -5.74. The first-order valence-electron chi connectivity index (χ1n) is 9.72. The number of fused-ring (bicyclic) bond motifs is 1. The van der Waals surface area contributed by atoms with Gasteiger partial charge in [0, 0.05) is 5.56 Å². The number of esters is 1. The van der Waals surface area contributed by atoms with E-state index in [0.29, 0.717) is 0 Å². The van der Waals surface area contributed by atoms with Crippen LogP contribution in [0.2, 0.25) is 0 Å². The number of amides is 1. The summed E-state index contributed by atoms with van der Waals surface area (Å²) < 4.78 is 102. The molecule has 1 aromatic heterocycles. The molecule has 186 valence electrons. The molecule has 0 saturated heterocycles. The summed E-state index contributed by atoms with van der Waals surface area (Å²) in [5.41, 5.74) is -7.12. The van der Waals surface area contributed by atoms with Gasteiger partial charge >= 0.3 is 24.0 Å². The average molecular weight is 504 g/mol. The SMILES string of the molecule is CCOC(=O)[C@](NC(=O)c1ccc(F)cc1)(Nc1nc2ccccc2nc1C(F)(F)F)C(F)(F)F. The highest BCUT2D eigenvalue weighted by Crippen LogP contribution is 2.38. The molecule has 2 aromatic carbocycles. The third-order valence-corrected chi connectivity index (χ3v) is 4.56. The van der Waals surface area contributed by atoms with Crippen LogP contribution in [0.4, 0.5) is 36.6 Å². The number of hydrogen-bond acceptors (Lipinski definition) is 6. The molecule has 0 saturated carbocycles. The van der Waals surface area contributed by atoms with Gasteiger partial charge in [-0.15, -0.1) is 0 Å². The Morgan fingerprint density at radius 1 is 0.914 bits per heavy atom. The first-order valence-corrected chi connectivity index (χ1v) is 9.72. The summed E-state index contributed by atoms with van der Waals surface area (Å²) in [6.07, 6.45) is -11.0. The molecule has 3 rings (SSSR count). The first-order chi connectivity index (χ1) is 16.3. The van der Waals surface area contributed by atoms with Crippen molar-refractivity contribution in [1.82, 2.24) is 15.3 Å². The summed E-state index contributed by atoms with van der Waals surface area (Å²) in [4.78, 5) is 32.0. The number of carbonyl (C=O) groups is 2. The minimum Gasteiger partial charge on any atom is -0.463 e. The van der Waals surface area contributed by atoms with Crippen molar-refractivity contribution in [1.29, 1.82) is 0 Å². The Bertz CT molecular complexity index is 1250. The van der Waals surface area contributed by atoms with Crippen LogP contribution in [0.5, 0.6) is 0 Å². The Labute approximate surface area is 192 Å². The van der Waals surface area contributed by atoms with E-state index in [-0.39, 0.29) is 11.0 Å². The van der Waals surface area contributed by atoms with E-state index in [4.69, 9.17) is 0 Å². The number of aromatic nitrogens is 2. The fourth-order valence-electron chi connectivity index (χ4n) is 2.94. The highest BCUT2D eigenvalue weighted by atomic mass is 19.4. The quantitative estimate of drug-likeness (QED) is 0.293. The molecule has 0 spiro atoms. The summed E-state index contributed by atoms with van der Waals surface area (Å²) >= 11 is 0. The molecule has 0 aliphatic heterocycles. The summed E-state index contributed by atoms with van der Waals surface area (Å²) in [6, 6.07) is 8.18. The fraction of sp³-hybridized carbons (Fsp3) is 0.238. The van der Waals surface area contributed by atoms with Crippen molar-refractivity contribution in [2.75, 3.05) is 11.9 Å². The molecule has 0 radical (unpaired) electrons. The van der Waals surface area contributed by atoms with E-state index < -0.39 is 59.4 Å². The number of hydrogen-bond donors (Lipinski definition) is 2. The molecule has 2 N–H and O–H groups in total. The number of nitrogens with zero attached hydrogens (tertiary/aromatic N) is 2.